The zero-order valence-corrected chi connectivity index (χ0v) is 8.77. The summed E-state index contributed by atoms with van der Waals surface area (Å²) in [4.78, 5) is 4.97. The minimum atomic E-state index is 0.728. The maximum atomic E-state index is 4.97. The van der Waals surface area contributed by atoms with Crippen molar-refractivity contribution in [1.29, 1.82) is 0 Å². The van der Waals surface area contributed by atoms with Gasteiger partial charge in [-0.15, -0.1) is 0 Å². The van der Waals surface area contributed by atoms with Gasteiger partial charge in [0.1, 0.15) is 0 Å². The molecular weight excluding hydrogens is 164 g/mol. The second kappa shape index (κ2) is 6.31. The first kappa shape index (κ1) is 11.8. The van der Waals surface area contributed by atoms with Crippen LogP contribution in [0.1, 0.15) is 27.7 Å². The van der Waals surface area contributed by atoms with Crippen LogP contribution >= 0.6 is 0 Å². The first-order valence-corrected chi connectivity index (χ1v) is 4.43. The molecule has 0 spiro atoms. The largest absolute Gasteiger partial charge is 0.387 e. The summed E-state index contributed by atoms with van der Waals surface area (Å²) >= 11 is 0. The van der Waals surface area contributed by atoms with Crippen LogP contribution in [0.25, 0.3) is 0 Å². The van der Waals surface area contributed by atoms with E-state index in [1.165, 1.54) is 5.57 Å². The Morgan fingerprint density at radius 3 is 2.46 bits per heavy atom. The van der Waals surface area contributed by atoms with E-state index in [0.717, 1.165) is 11.5 Å². The van der Waals surface area contributed by atoms with E-state index in [1.54, 1.807) is 6.08 Å². The van der Waals surface area contributed by atoms with E-state index in [9.17, 15) is 0 Å². The van der Waals surface area contributed by atoms with Gasteiger partial charge in [-0.05, 0) is 26.0 Å². The summed E-state index contributed by atoms with van der Waals surface area (Å²) < 4.78 is 0. The Balaban J connectivity index is 0.000000671. The van der Waals surface area contributed by atoms with Crippen molar-refractivity contribution in [2.75, 3.05) is 0 Å². The summed E-state index contributed by atoms with van der Waals surface area (Å²) in [5.41, 5.74) is 7.51. The summed E-state index contributed by atoms with van der Waals surface area (Å²) in [6, 6.07) is 0. The Labute approximate surface area is 80.1 Å². The van der Waals surface area contributed by atoms with Crippen LogP contribution < -0.4 is 11.0 Å². The van der Waals surface area contributed by atoms with Crippen molar-refractivity contribution in [3.63, 3.8) is 0 Å². The van der Waals surface area contributed by atoms with E-state index in [0.29, 0.717) is 0 Å². The Morgan fingerprint density at radius 2 is 2.00 bits per heavy atom. The molecule has 0 aromatic rings. The minimum Gasteiger partial charge on any atom is -0.387 e. The topological polar surface area (TPSA) is 33.3 Å². The average molecular weight is 182 g/mol. The van der Waals surface area contributed by atoms with Crippen LogP contribution in [0.4, 0.5) is 0 Å². The fourth-order valence-corrected chi connectivity index (χ4v) is 0.800. The van der Waals surface area contributed by atoms with Gasteiger partial charge in [-0.25, -0.2) is 0 Å². The van der Waals surface area contributed by atoms with Gasteiger partial charge in [-0.3, -0.25) is 5.43 Å². The lowest BCUT2D eigenvalue weighted by molar-refractivity contribution is 0.120. The molecule has 1 aliphatic rings. The molecule has 1 heterocycles. The highest BCUT2D eigenvalue weighted by Crippen LogP contribution is 2.10. The molecule has 1 aliphatic heterocycles. The molecule has 0 unspecified atom stereocenters. The molecule has 1 rings (SSSR count). The van der Waals surface area contributed by atoms with Gasteiger partial charge in [0.15, 0.2) is 5.76 Å². The lowest BCUT2D eigenvalue weighted by Crippen LogP contribution is -2.21. The molecule has 3 heteroatoms. The van der Waals surface area contributed by atoms with Gasteiger partial charge in [0.25, 0.3) is 0 Å². The second-order valence-electron chi connectivity index (χ2n) is 2.53. The molecule has 0 bridgehead atoms. The lowest BCUT2D eigenvalue weighted by Gasteiger charge is -1.93. The second-order valence-corrected chi connectivity index (χ2v) is 2.53. The Bertz CT molecular complexity index is 225. The summed E-state index contributed by atoms with van der Waals surface area (Å²) in [6.45, 7) is 11.7. The zero-order chi connectivity index (χ0) is 10.3. The molecule has 13 heavy (non-hydrogen) atoms. The Kier molecular flexibility index (Phi) is 5.72. The van der Waals surface area contributed by atoms with Crippen molar-refractivity contribution in [2.24, 2.45) is 0 Å². The molecule has 0 atom stereocenters. The first-order chi connectivity index (χ1) is 6.24. The van der Waals surface area contributed by atoms with Crippen LogP contribution in [0.2, 0.25) is 0 Å². The fraction of sp³-hybridized carbons (Fsp3) is 0.400. The molecule has 3 nitrogen and oxygen atoms in total. The molecule has 2 N–H and O–H groups in total. The molecule has 0 amide bonds. The van der Waals surface area contributed by atoms with E-state index >= 15 is 0 Å². The monoisotopic (exact) mass is 182 g/mol. The number of rotatable bonds is 2. The van der Waals surface area contributed by atoms with Crippen molar-refractivity contribution < 1.29 is 4.84 Å². The van der Waals surface area contributed by atoms with Crippen LogP contribution in [-0.2, 0) is 4.84 Å². The van der Waals surface area contributed by atoms with Crippen LogP contribution in [0.5, 0.6) is 0 Å². The SMILES string of the molecule is C=CC1=C(C=C(C)C)NNO1.CC. The molecule has 0 saturated carbocycles. The maximum absolute atomic E-state index is 4.97. The predicted molar refractivity (Wildman–Crippen MR) is 55.4 cm³/mol. The van der Waals surface area contributed by atoms with E-state index < -0.39 is 0 Å². The van der Waals surface area contributed by atoms with Gasteiger partial charge in [-0.1, -0.05) is 31.6 Å². The van der Waals surface area contributed by atoms with Crippen LogP contribution in [0.15, 0.2) is 35.8 Å². The summed E-state index contributed by atoms with van der Waals surface area (Å²) in [5, 5.41) is 0. The van der Waals surface area contributed by atoms with Crippen LogP contribution in [0.3, 0.4) is 0 Å². The van der Waals surface area contributed by atoms with E-state index in [2.05, 4.69) is 17.6 Å². The third-order valence-electron chi connectivity index (χ3n) is 1.23. The normalized spacial score (nSPS) is 13.5. The highest BCUT2D eigenvalue weighted by atomic mass is 16.7. The molecule has 74 valence electrons. The molecule has 0 saturated heterocycles. The van der Waals surface area contributed by atoms with Gasteiger partial charge < -0.3 is 4.84 Å². The molecule has 0 fully saturated rings. The van der Waals surface area contributed by atoms with Crippen LogP contribution in [0, 0.1) is 0 Å². The standard InChI is InChI=1S/C8H12N2O.C2H6/c1-4-8-7(5-6(2)3)9-10-11-8;1-2/h4-5,9-10H,1H2,2-3H3;1-2H3. The highest BCUT2D eigenvalue weighted by molar-refractivity contribution is 5.29. The van der Waals surface area contributed by atoms with Gasteiger partial charge >= 0.3 is 0 Å². The van der Waals surface area contributed by atoms with Crippen molar-refractivity contribution >= 4 is 0 Å². The summed E-state index contributed by atoms with van der Waals surface area (Å²) in [5.74, 6) is 0.728. The van der Waals surface area contributed by atoms with Crippen molar-refractivity contribution in [3.8, 4) is 0 Å². The van der Waals surface area contributed by atoms with Crippen molar-refractivity contribution in [1.82, 2.24) is 11.0 Å². The van der Waals surface area contributed by atoms with E-state index in [-0.39, 0.29) is 0 Å². The smallest absolute Gasteiger partial charge is 0.173 e. The summed E-state index contributed by atoms with van der Waals surface area (Å²) in [7, 11) is 0. The fourth-order valence-electron chi connectivity index (χ4n) is 0.800. The van der Waals surface area contributed by atoms with Gasteiger partial charge in [0.2, 0.25) is 0 Å². The molecular formula is C10H18N2O. The van der Waals surface area contributed by atoms with E-state index in [4.69, 9.17) is 4.84 Å². The maximum Gasteiger partial charge on any atom is 0.173 e. The predicted octanol–water partition coefficient (Wildman–Crippen LogP) is 2.42. The van der Waals surface area contributed by atoms with E-state index in [1.807, 2.05) is 33.8 Å². The molecule has 0 radical (unpaired) electrons. The third kappa shape index (κ3) is 3.80. The highest BCUT2D eigenvalue weighted by Gasteiger charge is 2.08. The third-order valence-corrected chi connectivity index (χ3v) is 1.23. The average Bonchev–Trinajstić information content (AvgIpc) is 2.54. The number of allylic oxidation sites excluding steroid dienone is 3. The zero-order valence-electron chi connectivity index (χ0n) is 8.77. The van der Waals surface area contributed by atoms with Crippen molar-refractivity contribution in [3.05, 3.63) is 35.8 Å². The van der Waals surface area contributed by atoms with Crippen molar-refractivity contribution in [2.45, 2.75) is 27.7 Å². The minimum absolute atomic E-state index is 0.728. The summed E-state index contributed by atoms with van der Waals surface area (Å²) in [6.07, 6.45) is 3.64. The molecule has 0 aliphatic carbocycles. The number of hydrogen-bond acceptors (Lipinski definition) is 3. The number of hydrazine groups is 1. The quantitative estimate of drug-likeness (QED) is 0.688. The molecule has 0 aromatic carbocycles. The number of nitrogens with one attached hydrogen (secondary N) is 2. The molecule has 0 aromatic heterocycles. The Morgan fingerprint density at radius 1 is 1.38 bits per heavy atom. The Hall–Kier alpha value is -1.22. The van der Waals surface area contributed by atoms with Gasteiger partial charge in [-0.2, -0.15) is 0 Å². The van der Waals surface area contributed by atoms with Crippen LogP contribution in [-0.4, -0.2) is 0 Å². The first-order valence-electron chi connectivity index (χ1n) is 4.43. The van der Waals surface area contributed by atoms with Gasteiger partial charge in [0.05, 0.1) is 5.70 Å². The lowest BCUT2D eigenvalue weighted by atomic mass is 10.2. The van der Waals surface area contributed by atoms with Gasteiger partial charge in [0, 0.05) is 0 Å². The number of hydrogen-bond donors (Lipinski definition) is 2.